The number of nitrogens with one attached hydrogen (secondary N) is 1. The molecule has 0 aliphatic carbocycles. The quantitative estimate of drug-likeness (QED) is 0.469. The average molecular weight is 106 g/mol. The lowest BCUT2D eigenvalue weighted by Crippen LogP contribution is -2.38. The van der Waals surface area contributed by atoms with Gasteiger partial charge in [-0.2, -0.15) is 0 Å². The van der Waals surface area contributed by atoms with Gasteiger partial charge >= 0.3 is 0 Å². The minimum atomic E-state index is -2.36. The second kappa shape index (κ2) is 2.28. The van der Waals surface area contributed by atoms with Crippen molar-refractivity contribution in [3.63, 3.8) is 0 Å². The molecule has 0 saturated carbocycles. The molecule has 2 nitrogen and oxygen atoms in total. The Morgan fingerprint density at radius 2 is 3.14 bits per heavy atom. The van der Waals surface area contributed by atoms with E-state index in [1.807, 2.05) is 0 Å². The van der Waals surface area contributed by atoms with E-state index in [2.05, 4.69) is 5.32 Å². The molecule has 1 saturated heterocycles. The van der Waals surface area contributed by atoms with Crippen LogP contribution < -0.4 is 5.32 Å². The maximum absolute atomic E-state index is 7.26. The van der Waals surface area contributed by atoms with Crippen LogP contribution in [0.5, 0.6) is 0 Å². The predicted molar refractivity (Wildman–Crippen MR) is 28.3 cm³/mol. The van der Waals surface area contributed by atoms with Crippen LogP contribution in [0.2, 0.25) is 0 Å². The molecule has 1 rings (SSSR count). The Balaban J connectivity index is 2.73. The van der Waals surface area contributed by atoms with Gasteiger partial charge in [0, 0.05) is 16.7 Å². The van der Waals surface area contributed by atoms with E-state index in [1.54, 1.807) is 0 Å². The number of hydrogen-bond donors (Lipinski definition) is 1. The third-order valence-corrected chi connectivity index (χ3v) is 0.754. The van der Waals surface area contributed by atoms with Crippen molar-refractivity contribution in [1.29, 1.82) is 0 Å². The summed E-state index contributed by atoms with van der Waals surface area (Å²) in [6, 6.07) is -1.22. The Morgan fingerprint density at radius 3 is 3.71 bits per heavy atom. The molecule has 7 heavy (non-hydrogen) atoms. The molecule has 2 heteroatoms. The molecule has 1 heterocycles. The van der Waals surface area contributed by atoms with E-state index in [0.29, 0.717) is 6.54 Å². The Hall–Kier alpha value is -0.0800. The molecule has 0 aromatic rings. The van der Waals surface area contributed by atoms with E-state index >= 15 is 0 Å². The normalized spacial score (nSPS) is 52.6. The highest BCUT2D eigenvalue weighted by molar-refractivity contribution is 4.62. The molecular weight excluding hydrogens is 90.1 g/mol. The van der Waals surface area contributed by atoms with Crippen LogP contribution in [0.25, 0.3) is 0 Å². The zero-order chi connectivity index (χ0) is 9.41. The lowest BCUT2D eigenvalue weighted by Gasteiger charge is -2.19. The maximum atomic E-state index is 7.26. The van der Waals surface area contributed by atoms with Gasteiger partial charge in [-0.1, -0.05) is 0 Å². The molecular formula is C5H11NO. The molecule has 1 fully saturated rings. The fraction of sp³-hybridized carbons (Fsp3) is 1.00. The van der Waals surface area contributed by atoms with Crippen LogP contribution >= 0.6 is 0 Å². The summed E-state index contributed by atoms with van der Waals surface area (Å²) in [5, 5.41) is 2.59. The lowest BCUT2D eigenvalue weighted by molar-refractivity contribution is 0.0824. The number of morpholine rings is 1. The first-order valence-electron chi connectivity index (χ1n) is 4.71. The minimum Gasteiger partial charge on any atom is -0.379 e. The SMILES string of the molecule is [2H]C([2H])([2H])C1NCCOC1([2H])[2H]. The van der Waals surface area contributed by atoms with Crippen LogP contribution in [0.15, 0.2) is 0 Å². The van der Waals surface area contributed by atoms with Crippen molar-refractivity contribution in [2.45, 2.75) is 12.9 Å². The van der Waals surface area contributed by atoms with Gasteiger partial charge in [0.1, 0.15) is 0 Å². The van der Waals surface area contributed by atoms with Crippen molar-refractivity contribution in [1.82, 2.24) is 5.32 Å². The largest absolute Gasteiger partial charge is 0.379 e. The number of rotatable bonds is 0. The monoisotopic (exact) mass is 106 g/mol. The van der Waals surface area contributed by atoms with Gasteiger partial charge in [0.15, 0.2) is 0 Å². The predicted octanol–water partition coefficient (Wildman–Crippen LogP) is -0.00530. The molecule has 1 aliphatic heterocycles. The molecule has 0 spiro atoms. The first-order valence-corrected chi connectivity index (χ1v) is 2.21. The van der Waals surface area contributed by atoms with Crippen LogP contribution in [0.1, 0.15) is 13.7 Å². The van der Waals surface area contributed by atoms with Crippen molar-refractivity contribution in [3.05, 3.63) is 0 Å². The lowest BCUT2D eigenvalue weighted by atomic mass is 10.3. The average Bonchev–Trinajstić information content (AvgIpc) is 1.83. The molecule has 1 atom stereocenters. The fourth-order valence-corrected chi connectivity index (χ4v) is 0.438. The van der Waals surface area contributed by atoms with Gasteiger partial charge in [-0.15, -0.1) is 0 Å². The minimum absolute atomic E-state index is 0.208. The third kappa shape index (κ3) is 1.45. The summed E-state index contributed by atoms with van der Waals surface area (Å²) in [4.78, 5) is 0. The zero-order valence-electron chi connectivity index (χ0n) is 8.90. The van der Waals surface area contributed by atoms with E-state index in [-0.39, 0.29) is 6.61 Å². The summed E-state index contributed by atoms with van der Waals surface area (Å²) in [7, 11) is 0. The zero-order valence-corrected chi connectivity index (χ0v) is 3.90. The molecule has 1 N–H and O–H groups in total. The van der Waals surface area contributed by atoms with Crippen LogP contribution in [0, 0.1) is 0 Å². The van der Waals surface area contributed by atoms with Crippen LogP contribution in [0.3, 0.4) is 0 Å². The van der Waals surface area contributed by atoms with Gasteiger partial charge in [-0.05, 0) is 6.85 Å². The summed E-state index contributed by atoms with van der Waals surface area (Å²) < 4.78 is 40.3. The maximum Gasteiger partial charge on any atom is 0.0617 e. The second-order valence-electron chi connectivity index (χ2n) is 1.35. The summed E-state index contributed by atoms with van der Waals surface area (Å²) in [6.45, 7) is -3.87. The van der Waals surface area contributed by atoms with Gasteiger partial charge in [-0.3, -0.25) is 0 Å². The smallest absolute Gasteiger partial charge is 0.0617 e. The van der Waals surface area contributed by atoms with Crippen molar-refractivity contribution in [2.75, 3.05) is 19.7 Å². The van der Waals surface area contributed by atoms with Gasteiger partial charge in [0.05, 0.1) is 15.9 Å². The topological polar surface area (TPSA) is 21.3 Å². The second-order valence-corrected chi connectivity index (χ2v) is 1.35. The van der Waals surface area contributed by atoms with Crippen molar-refractivity contribution >= 4 is 0 Å². The Kier molecular flexibility index (Phi) is 0.557. The molecule has 0 aromatic carbocycles. The van der Waals surface area contributed by atoms with Crippen molar-refractivity contribution in [3.8, 4) is 0 Å². The van der Waals surface area contributed by atoms with Gasteiger partial charge < -0.3 is 10.1 Å². The highest BCUT2D eigenvalue weighted by atomic mass is 16.5. The molecule has 1 aliphatic rings. The van der Waals surface area contributed by atoms with Gasteiger partial charge in [-0.25, -0.2) is 0 Å². The Morgan fingerprint density at radius 1 is 2.14 bits per heavy atom. The molecule has 0 radical (unpaired) electrons. The van der Waals surface area contributed by atoms with E-state index in [0.717, 1.165) is 0 Å². The molecule has 1 unspecified atom stereocenters. The first-order chi connectivity index (χ1) is 5.34. The van der Waals surface area contributed by atoms with E-state index in [9.17, 15) is 0 Å². The molecule has 42 valence electrons. The van der Waals surface area contributed by atoms with Crippen molar-refractivity contribution in [2.24, 2.45) is 0 Å². The summed E-state index contributed by atoms with van der Waals surface area (Å²) in [5.74, 6) is 0. The first kappa shape index (κ1) is 1.71. The Labute approximate surface area is 50.9 Å². The summed E-state index contributed by atoms with van der Waals surface area (Å²) >= 11 is 0. The highest BCUT2D eigenvalue weighted by Gasteiger charge is 2.04. The van der Waals surface area contributed by atoms with E-state index in [4.69, 9.17) is 11.6 Å². The van der Waals surface area contributed by atoms with Gasteiger partial charge in [0.25, 0.3) is 0 Å². The molecule has 0 amide bonds. The summed E-state index contributed by atoms with van der Waals surface area (Å²) in [5.41, 5.74) is 0. The Bertz CT molecular complexity index is 168. The number of ether oxygens (including phenoxy) is 1. The molecule has 0 bridgehead atoms. The van der Waals surface area contributed by atoms with Crippen LogP contribution in [0.4, 0.5) is 0 Å². The van der Waals surface area contributed by atoms with Crippen molar-refractivity contribution < 1.29 is 11.6 Å². The van der Waals surface area contributed by atoms with Crippen LogP contribution in [-0.2, 0) is 4.74 Å². The highest BCUT2D eigenvalue weighted by Crippen LogP contribution is 1.88. The number of hydrogen-bond acceptors (Lipinski definition) is 2. The van der Waals surface area contributed by atoms with E-state index in [1.165, 1.54) is 0 Å². The molecule has 0 aromatic heterocycles. The van der Waals surface area contributed by atoms with Crippen LogP contribution in [-0.4, -0.2) is 25.8 Å². The summed E-state index contributed by atoms with van der Waals surface area (Å²) in [6.07, 6.45) is 0. The fourth-order valence-electron chi connectivity index (χ4n) is 0.438. The van der Waals surface area contributed by atoms with Gasteiger partial charge in [0.2, 0.25) is 0 Å². The van der Waals surface area contributed by atoms with E-state index < -0.39 is 19.5 Å². The third-order valence-electron chi connectivity index (χ3n) is 0.754. The standard InChI is InChI=1S/C5H11NO/c1-5-4-7-3-2-6-5/h5-6H,2-4H2,1H3/i1D3,4D2.